The number of hydrogen-bond acceptors (Lipinski definition) is 6. The van der Waals surface area contributed by atoms with E-state index in [4.69, 9.17) is 18.9 Å². The molecule has 0 bridgehead atoms. The van der Waals surface area contributed by atoms with Crippen molar-refractivity contribution in [1.29, 1.82) is 0 Å². The Kier molecular flexibility index (Phi) is 5.49. The van der Waals surface area contributed by atoms with Crippen molar-refractivity contribution < 1.29 is 18.9 Å². The molecule has 2 aliphatic rings. The lowest BCUT2D eigenvalue weighted by atomic mass is 10.1. The van der Waals surface area contributed by atoms with Gasteiger partial charge in [0.25, 0.3) is 12.8 Å². The van der Waals surface area contributed by atoms with Gasteiger partial charge in [0.1, 0.15) is 0 Å². The largest absolute Gasteiger partial charge is 0.332 e. The number of ether oxygens (including phenoxy) is 4. The third-order valence-corrected chi connectivity index (χ3v) is 3.31. The Balaban J connectivity index is 1.69. The molecule has 2 rings (SSSR count). The second kappa shape index (κ2) is 7.13. The first-order chi connectivity index (χ1) is 8.81. The highest BCUT2D eigenvalue weighted by atomic mass is 16.7. The number of nitrogens with zero attached hydrogens (tertiary/aromatic N) is 2. The molecule has 0 unspecified atom stereocenters. The van der Waals surface area contributed by atoms with E-state index in [9.17, 15) is 0 Å². The average molecular weight is 258 g/mol. The van der Waals surface area contributed by atoms with Gasteiger partial charge in [-0.3, -0.25) is 0 Å². The molecule has 0 aromatic rings. The Bertz CT molecular complexity index is 233. The fraction of sp³-hybridized carbons (Fsp3) is 1.00. The van der Waals surface area contributed by atoms with E-state index in [-0.39, 0.29) is 0 Å². The first-order valence-electron chi connectivity index (χ1n) is 6.68. The Hall–Kier alpha value is -0.560. The molecular weight excluding hydrogens is 236 g/mol. The molecule has 0 atom stereocenters. The molecule has 0 spiro atoms. The molecule has 0 radical (unpaired) electrons. The summed E-state index contributed by atoms with van der Waals surface area (Å²) < 4.78 is 21.7. The predicted octanol–water partition coefficient (Wildman–Crippen LogP) is 2.15. The van der Waals surface area contributed by atoms with E-state index in [1.807, 2.05) is 0 Å². The van der Waals surface area contributed by atoms with Crippen molar-refractivity contribution in [2.24, 2.45) is 22.1 Å². The summed E-state index contributed by atoms with van der Waals surface area (Å²) in [6.07, 6.45) is 0.890. The van der Waals surface area contributed by atoms with E-state index in [2.05, 4.69) is 24.1 Å². The van der Waals surface area contributed by atoms with Crippen molar-refractivity contribution in [2.45, 2.75) is 39.5 Å². The van der Waals surface area contributed by atoms with Crippen LogP contribution in [0.5, 0.6) is 0 Å². The van der Waals surface area contributed by atoms with Crippen LogP contribution in [-0.2, 0) is 18.9 Å². The van der Waals surface area contributed by atoms with Crippen LogP contribution in [0.1, 0.15) is 26.7 Å². The van der Waals surface area contributed by atoms with Crippen LogP contribution in [0.4, 0.5) is 0 Å². The van der Waals surface area contributed by atoms with Gasteiger partial charge in [0.15, 0.2) is 0 Å². The Morgan fingerprint density at radius 1 is 0.722 bits per heavy atom. The van der Waals surface area contributed by atoms with Crippen LogP contribution in [0.15, 0.2) is 10.2 Å². The fourth-order valence-electron chi connectivity index (χ4n) is 1.78. The summed E-state index contributed by atoms with van der Waals surface area (Å²) in [4.78, 5) is 0. The van der Waals surface area contributed by atoms with Gasteiger partial charge in [-0.05, 0) is 12.8 Å². The maximum Gasteiger partial charge on any atom is 0.277 e. The molecule has 2 fully saturated rings. The monoisotopic (exact) mass is 258 g/mol. The standard InChI is InChI=1S/C12H22N2O4/c1-3-9-5-15-11(16-6-9)13-14-12-17-7-10(4-2)8-18-12/h9-12H,3-8H2,1-2H3. The molecule has 0 amide bonds. The lowest BCUT2D eigenvalue weighted by Crippen LogP contribution is -2.32. The highest BCUT2D eigenvalue weighted by Crippen LogP contribution is 2.18. The summed E-state index contributed by atoms with van der Waals surface area (Å²) in [7, 11) is 0. The average Bonchev–Trinajstić information content (AvgIpc) is 2.46. The van der Waals surface area contributed by atoms with Gasteiger partial charge in [-0.1, -0.05) is 13.8 Å². The topological polar surface area (TPSA) is 61.6 Å². The van der Waals surface area contributed by atoms with Crippen LogP contribution in [0, 0.1) is 11.8 Å². The molecular formula is C12H22N2O4. The minimum absolute atomic E-state index is 0.462. The Morgan fingerprint density at radius 3 is 1.33 bits per heavy atom. The third kappa shape index (κ3) is 3.98. The van der Waals surface area contributed by atoms with Crippen LogP contribution in [-0.4, -0.2) is 39.3 Å². The number of hydrogen-bond donors (Lipinski definition) is 0. The van der Waals surface area contributed by atoms with Crippen LogP contribution in [0.2, 0.25) is 0 Å². The highest BCUT2D eigenvalue weighted by molar-refractivity contribution is 4.61. The molecule has 104 valence electrons. The quantitative estimate of drug-likeness (QED) is 0.725. The molecule has 6 heteroatoms. The number of rotatable bonds is 4. The van der Waals surface area contributed by atoms with Gasteiger partial charge in [-0.2, -0.15) is 0 Å². The van der Waals surface area contributed by atoms with Crippen molar-refractivity contribution in [2.75, 3.05) is 26.4 Å². The van der Waals surface area contributed by atoms with E-state index < -0.39 is 12.8 Å². The van der Waals surface area contributed by atoms with Crippen molar-refractivity contribution in [3.8, 4) is 0 Å². The van der Waals surface area contributed by atoms with Crippen molar-refractivity contribution in [1.82, 2.24) is 0 Å². The minimum atomic E-state index is -0.608. The lowest BCUT2D eigenvalue weighted by molar-refractivity contribution is -0.218. The van der Waals surface area contributed by atoms with Crippen molar-refractivity contribution in [3.63, 3.8) is 0 Å². The lowest BCUT2D eigenvalue weighted by Gasteiger charge is -2.27. The van der Waals surface area contributed by atoms with E-state index in [0.29, 0.717) is 38.3 Å². The smallest absolute Gasteiger partial charge is 0.277 e. The molecule has 0 aliphatic carbocycles. The first kappa shape index (κ1) is 13.9. The van der Waals surface area contributed by atoms with Gasteiger partial charge in [0.05, 0.1) is 26.4 Å². The molecule has 0 aromatic heterocycles. The van der Waals surface area contributed by atoms with Gasteiger partial charge < -0.3 is 18.9 Å². The summed E-state index contributed by atoms with van der Waals surface area (Å²) in [5, 5.41) is 7.91. The molecule has 18 heavy (non-hydrogen) atoms. The summed E-state index contributed by atoms with van der Waals surface area (Å²) in [6.45, 7) is 6.92. The summed E-state index contributed by atoms with van der Waals surface area (Å²) in [6, 6.07) is 0. The minimum Gasteiger partial charge on any atom is -0.332 e. The normalized spacial score (nSPS) is 38.1. The van der Waals surface area contributed by atoms with Gasteiger partial charge in [0, 0.05) is 11.8 Å². The van der Waals surface area contributed by atoms with Gasteiger partial charge >= 0.3 is 0 Å². The van der Waals surface area contributed by atoms with Gasteiger partial charge in [-0.15, -0.1) is 10.2 Å². The first-order valence-corrected chi connectivity index (χ1v) is 6.68. The fourth-order valence-corrected chi connectivity index (χ4v) is 1.78. The zero-order chi connectivity index (χ0) is 12.8. The van der Waals surface area contributed by atoms with Crippen molar-refractivity contribution >= 4 is 0 Å². The predicted molar refractivity (Wildman–Crippen MR) is 63.8 cm³/mol. The number of azo groups is 1. The summed E-state index contributed by atoms with van der Waals surface area (Å²) in [5.41, 5.74) is 0. The molecule has 2 aliphatic heterocycles. The second-order valence-corrected chi connectivity index (χ2v) is 4.73. The molecule has 0 N–H and O–H groups in total. The summed E-state index contributed by atoms with van der Waals surface area (Å²) >= 11 is 0. The highest BCUT2D eigenvalue weighted by Gasteiger charge is 2.23. The van der Waals surface area contributed by atoms with Crippen molar-refractivity contribution in [3.05, 3.63) is 0 Å². The molecule has 0 saturated carbocycles. The van der Waals surface area contributed by atoms with E-state index >= 15 is 0 Å². The van der Waals surface area contributed by atoms with Crippen LogP contribution in [0.25, 0.3) is 0 Å². The van der Waals surface area contributed by atoms with Crippen LogP contribution < -0.4 is 0 Å². The van der Waals surface area contributed by atoms with E-state index in [1.165, 1.54) is 0 Å². The van der Waals surface area contributed by atoms with Crippen LogP contribution >= 0.6 is 0 Å². The zero-order valence-corrected chi connectivity index (χ0v) is 11.1. The molecule has 2 saturated heterocycles. The maximum atomic E-state index is 5.42. The summed E-state index contributed by atoms with van der Waals surface area (Å²) in [5.74, 6) is 0.924. The van der Waals surface area contributed by atoms with E-state index in [1.54, 1.807) is 0 Å². The maximum absolute atomic E-state index is 5.42. The van der Waals surface area contributed by atoms with E-state index in [0.717, 1.165) is 12.8 Å². The molecule has 0 aromatic carbocycles. The van der Waals surface area contributed by atoms with Crippen LogP contribution in [0.3, 0.4) is 0 Å². The van der Waals surface area contributed by atoms with Gasteiger partial charge in [0.2, 0.25) is 0 Å². The second-order valence-electron chi connectivity index (χ2n) is 4.73. The Morgan fingerprint density at radius 2 is 1.06 bits per heavy atom. The van der Waals surface area contributed by atoms with Gasteiger partial charge in [-0.25, -0.2) is 0 Å². The zero-order valence-electron chi connectivity index (χ0n) is 11.1. The SMILES string of the molecule is CCC1COC(N=NC2OCC(CC)CO2)OC1. The Labute approximate surface area is 108 Å². The molecule has 2 heterocycles. The third-order valence-electron chi connectivity index (χ3n) is 3.31. The molecule has 6 nitrogen and oxygen atoms in total.